The van der Waals surface area contributed by atoms with Gasteiger partial charge in [-0.15, -0.1) is 6.58 Å². The van der Waals surface area contributed by atoms with Gasteiger partial charge >= 0.3 is 0 Å². The molecule has 0 bridgehead atoms. The molecule has 76 valence electrons. The summed E-state index contributed by atoms with van der Waals surface area (Å²) in [6, 6.07) is 10.5. The van der Waals surface area contributed by atoms with Crippen LogP contribution in [-0.4, -0.2) is 6.54 Å². The van der Waals surface area contributed by atoms with Crippen LogP contribution >= 0.6 is 0 Å². The molecule has 1 rings (SSSR count). The van der Waals surface area contributed by atoms with Crippen LogP contribution < -0.4 is 5.73 Å². The van der Waals surface area contributed by atoms with Crippen LogP contribution in [0, 0.1) is 0 Å². The fourth-order valence-corrected chi connectivity index (χ4v) is 1.57. The predicted octanol–water partition coefficient (Wildman–Crippen LogP) is 3.09. The number of hydrogen-bond donors (Lipinski definition) is 1. The molecule has 0 aliphatic heterocycles. The minimum atomic E-state index is 0.480. The Bertz CT molecular complexity index is 277. The molecule has 0 radical (unpaired) electrons. The lowest BCUT2D eigenvalue weighted by Gasteiger charge is -2.14. The number of benzene rings is 1. The lowest BCUT2D eigenvalue weighted by atomic mass is 9.93. The van der Waals surface area contributed by atoms with Crippen molar-refractivity contribution in [3.8, 4) is 0 Å². The first-order chi connectivity index (χ1) is 6.74. The van der Waals surface area contributed by atoms with E-state index in [0.29, 0.717) is 5.92 Å². The first-order valence-electron chi connectivity index (χ1n) is 5.13. The van der Waals surface area contributed by atoms with Gasteiger partial charge in [-0.3, -0.25) is 0 Å². The molecule has 14 heavy (non-hydrogen) atoms. The molecule has 1 aromatic rings. The predicted molar refractivity (Wildman–Crippen MR) is 62.3 cm³/mol. The third-order valence-electron chi connectivity index (χ3n) is 2.48. The fourth-order valence-electron chi connectivity index (χ4n) is 1.57. The third-order valence-corrected chi connectivity index (χ3v) is 2.48. The van der Waals surface area contributed by atoms with Gasteiger partial charge in [0.25, 0.3) is 0 Å². The average Bonchev–Trinajstić information content (AvgIpc) is 2.20. The molecule has 0 aromatic heterocycles. The summed E-state index contributed by atoms with van der Waals surface area (Å²) < 4.78 is 0. The molecule has 1 nitrogen and oxygen atoms in total. The Morgan fingerprint density at radius 3 is 2.50 bits per heavy atom. The highest BCUT2D eigenvalue weighted by Gasteiger charge is 2.08. The minimum Gasteiger partial charge on any atom is -0.330 e. The first kappa shape index (κ1) is 11.0. The van der Waals surface area contributed by atoms with Crippen molar-refractivity contribution in [2.24, 2.45) is 5.73 Å². The molecule has 1 atom stereocenters. The number of allylic oxidation sites excluding steroid dienone is 1. The largest absolute Gasteiger partial charge is 0.330 e. The van der Waals surface area contributed by atoms with E-state index in [-0.39, 0.29) is 0 Å². The van der Waals surface area contributed by atoms with Crippen molar-refractivity contribution in [3.63, 3.8) is 0 Å². The zero-order chi connectivity index (χ0) is 10.4. The van der Waals surface area contributed by atoms with Crippen LogP contribution in [0.4, 0.5) is 0 Å². The zero-order valence-corrected chi connectivity index (χ0v) is 8.87. The second-order valence-electron chi connectivity index (χ2n) is 3.84. The number of hydrogen-bond acceptors (Lipinski definition) is 1. The molecule has 2 N–H and O–H groups in total. The van der Waals surface area contributed by atoms with Gasteiger partial charge in [0.15, 0.2) is 0 Å². The average molecular weight is 189 g/mol. The zero-order valence-electron chi connectivity index (χ0n) is 8.87. The summed E-state index contributed by atoms with van der Waals surface area (Å²) in [6.45, 7) is 6.70. The van der Waals surface area contributed by atoms with Crippen molar-refractivity contribution in [1.82, 2.24) is 0 Å². The smallest absolute Gasteiger partial charge is 0.000812 e. The van der Waals surface area contributed by atoms with Crippen molar-refractivity contribution in [3.05, 3.63) is 48.0 Å². The summed E-state index contributed by atoms with van der Waals surface area (Å²) in [4.78, 5) is 0. The van der Waals surface area contributed by atoms with Gasteiger partial charge in [-0.2, -0.15) is 0 Å². The van der Waals surface area contributed by atoms with Crippen molar-refractivity contribution in [1.29, 1.82) is 0 Å². The quantitative estimate of drug-likeness (QED) is 0.708. The van der Waals surface area contributed by atoms with Crippen LogP contribution in [0.1, 0.15) is 31.2 Å². The Morgan fingerprint density at radius 1 is 1.36 bits per heavy atom. The van der Waals surface area contributed by atoms with Crippen LogP contribution in [0.3, 0.4) is 0 Å². The van der Waals surface area contributed by atoms with Gasteiger partial charge in [-0.25, -0.2) is 0 Å². The molecule has 1 aromatic carbocycles. The Kier molecular flexibility index (Phi) is 4.41. The monoisotopic (exact) mass is 189 g/mol. The van der Waals surface area contributed by atoms with E-state index in [1.807, 2.05) is 6.07 Å². The van der Waals surface area contributed by atoms with E-state index in [1.54, 1.807) is 0 Å². The van der Waals surface area contributed by atoms with Crippen LogP contribution in [0.5, 0.6) is 0 Å². The Morgan fingerprint density at radius 2 is 2.00 bits per heavy atom. The van der Waals surface area contributed by atoms with E-state index in [0.717, 1.165) is 19.4 Å². The normalized spacial score (nSPS) is 12.4. The molecule has 0 saturated carbocycles. The Balaban J connectivity index is 2.58. The molecule has 0 saturated heterocycles. The van der Waals surface area contributed by atoms with Crippen LogP contribution in [0.15, 0.2) is 42.5 Å². The van der Waals surface area contributed by atoms with Crippen molar-refractivity contribution in [2.75, 3.05) is 6.54 Å². The molecule has 0 aliphatic carbocycles. The third kappa shape index (κ3) is 3.35. The molecule has 0 spiro atoms. The van der Waals surface area contributed by atoms with Crippen molar-refractivity contribution in [2.45, 2.75) is 25.7 Å². The maximum atomic E-state index is 5.76. The second-order valence-corrected chi connectivity index (χ2v) is 3.84. The summed E-state index contributed by atoms with van der Waals surface area (Å²) >= 11 is 0. The summed E-state index contributed by atoms with van der Waals surface area (Å²) in [5.74, 6) is 0.480. The van der Waals surface area contributed by atoms with Gasteiger partial charge in [0.2, 0.25) is 0 Å². The Labute approximate surface area is 86.6 Å². The van der Waals surface area contributed by atoms with Crippen molar-refractivity contribution < 1.29 is 0 Å². The van der Waals surface area contributed by atoms with Crippen LogP contribution in [0.25, 0.3) is 0 Å². The van der Waals surface area contributed by atoms with Gasteiger partial charge < -0.3 is 5.73 Å². The summed E-state index contributed by atoms with van der Waals surface area (Å²) in [5.41, 5.74) is 8.34. The fraction of sp³-hybridized carbons (Fsp3) is 0.385. The molecule has 1 unspecified atom stereocenters. The first-order valence-corrected chi connectivity index (χ1v) is 5.13. The lowest BCUT2D eigenvalue weighted by Crippen LogP contribution is -2.12. The highest BCUT2D eigenvalue weighted by atomic mass is 14.5. The number of nitrogens with two attached hydrogens (primary N) is 1. The second kappa shape index (κ2) is 5.61. The standard InChI is InChI=1S/C13H19N/c1-11(2)8-9-13(10-14)12-6-4-3-5-7-12/h3-7,13H,1,8-10,14H2,2H3. The topological polar surface area (TPSA) is 26.0 Å². The van der Waals surface area contributed by atoms with E-state index in [9.17, 15) is 0 Å². The summed E-state index contributed by atoms with van der Waals surface area (Å²) in [7, 11) is 0. The van der Waals surface area contributed by atoms with E-state index in [4.69, 9.17) is 5.73 Å². The number of rotatable bonds is 5. The van der Waals surface area contributed by atoms with E-state index in [2.05, 4.69) is 37.8 Å². The summed E-state index contributed by atoms with van der Waals surface area (Å²) in [6.07, 6.45) is 2.17. The molecular weight excluding hydrogens is 170 g/mol. The summed E-state index contributed by atoms with van der Waals surface area (Å²) in [5, 5.41) is 0. The lowest BCUT2D eigenvalue weighted by molar-refractivity contribution is 0.632. The van der Waals surface area contributed by atoms with Gasteiger partial charge in [-0.05, 0) is 37.8 Å². The molecule has 1 heteroatoms. The highest BCUT2D eigenvalue weighted by Crippen LogP contribution is 2.21. The Hall–Kier alpha value is -1.08. The highest BCUT2D eigenvalue weighted by molar-refractivity contribution is 5.20. The SMILES string of the molecule is C=C(C)CCC(CN)c1ccccc1. The van der Waals surface area contributed by atoms with E-state index < -0.39 is 0 Å². The van der Waals surface area contributed by atoms with Crippen LogP contribution in [0.2, 0.25) is 0 Å². The van der Waals surface area contributed by atoms with Crippen LogP contribution in [-0.2, 0) is 0 Å². The molecular formula is C13H19N. The molecule has 0 amide bonds. The minimum absolute atomic E-state index is 0.480. The van der Waals surface area contributed by atoms with Crippen molar-refractivity contribution >= 4 is 0 Å². The molecule has 0 aliphatic rings. The van der Waals surface area contributed by atoms with Gasteiger partial charge in [0.1, 0.15) is 0 Å². The maximum absolute atomic E-state index is 5.76. The van der Waals surface area contributed by atoms with E-state index >= 15 is 0 Å². The van der Waals surface area contributed by atoms with Gasteiger partial charge in [0.05, 0.1) is 0 Å². The maximum Gasteiger partial charge on any atom is -0.000812 e. The van der Waals surface area contributed by atoms with Gasteiger partial charge in [0, 0.05) is 0 Å². The van der Waals surface area contributed by atoms with Gasteiger partial charge in [-0.1, -0.05) is 35.9 Å². The molecule has 0 fully saturated rings. The van der Waals surface area contributed by atoms with E-state index in [1.165, 1.54) is 11.1 Å². The molecule has 0 heterocycles.